The molecule has 0 fully saturated rings. The number of halogens is 1. The van der Waals surface area contributed by atoms with Crippen LogP contribution in [0.3, 0.4) is 0 Å². The Bertz CT molecular complexity index is 935. The zero-order valence-electron chi connectivity index (χ0n) is 14.1. The Morgan fingerprint density at radius 1 is 1.08 bits per heavy atom. The summed E-state index contributed by atoms with van der Waals surface area (Å²) in [5.74, 6) is -0.957. The Kier molecular flexibility index (Phi) is 5.39. The van der Waals surface area contributed by atoms with E-state index in [1.807, 2.05) is 30.3 Å². The molecule has 0 aliphatic heterocycles. The smallest absolute Gasteiger partial charge is 0.298 e. The third kappa shape index (κ3) is 3.95. The Hall–Kier alpha value is -3.05. The summed E-state index contributed by atoms with van der Waals surface area (Å²) < 4.78 is 6.93. The van der Waals surface area contributed by atoms with Gasteiger partial charge in [0.25, 0.3) is 11.7 Å². The van der Waals surface area contributed by atoms with Gasteiger partial charge in [0.15, 0.2) is 0 Å². The maximum Gasteiger partial charge on any atom is 0.298 e. The Labute approximate surface area is 156 Å². The van der Waals surface area contributed by atoms with E-state index >= 15 is 0 Å². The van der Waals surface area contributed by atoms with Crippen LogP contribution in [0.1, 0.15) is 16.1 Å². The second-order valence-electron chi connectivity index (χ2n) is 5.63. The molecule has 0 unspecified atom stereocenters. The van der Waals surface area contributed by atoms with Crippen LogP contribution >= 0.6 is 11.6 Å². The van der Waals surface area contributed by atoms with Crippen LogP contribution in [0.2, 0.25) is 5.02 Å². The van der Waals surface area contributed by atoms with Crippen LogP contribution in [0, 0.1) is 0 Å². The molecule has 3 rings (SSSR count). The highest BCUT2D eigenvalue weighted by Crippen LogP contribution is 2.27. The van der Waals surface area contributed by atoms with Gasteiger partial charge in [0.2, 0.25) is 0 Å². The van der Waals surface area contributed by atoms with Gasteiger partial charge in [-0.1, -0.05) is 41.9 Å². The van der Waals surface area contributed by atoms with E-state index in [2.05, 4.69) is 5.32 Å². The van der Waals surface area contributed by atoms with E-state index in [0.717, 1.165) is 5.56 Å². The average Bonchev–Trinajstić information content (AvgIpc) is 3.10. The number of nitrogens with zero attached hydrogens (tertiary/aromatic N) is 1. The normalized spacial score (nSPS) is 10.4. The molecule has 0 aliphatic rings. The van der Waals surface area contributed by atoms with Gasteiger partial charge >= 0.3 is 0 Å². The van der Waals surface area contributed by atoms with Crippen molar-refractivity contribution in [2.75, 3.05) is 12.4 Å². The molecule has 0 saturated heterocycles. The molecule has 6 heteroatoms. The molecule has 5 nitrogen and oxygen atoms in total. The number of hydrogen-bond acceptors (Lipinski definition) is 3. The highest BCUT2D eigenvalue weighted by atomic mass is 35.5. The van der Waals surface area contributed by atoms with Gasteiger partial charge in [0.05, 0.1) is 18.5 Å². The lowest BCUT2D eigenvalue weighted by Crippen LogP contribution is -2.25. The topological polar surface area (TPSA) is 60.3 Å². The van der Waals surface area contributed by atoms with Gasteiger partial charge in [-0.15, -0.1) is 0 Å². The van der Waals surface area contributed by atoms with Gasteiger partial charge in [0, 0.05) is 17.8 Å². The molecule has 1 N–H and O–H groups in total. The van der Waals surface area contributed by atoms with Gasteiger partial charge in [0.1, 0.15) is 5.75 Å². The minimum atomic E-state index is -0.751. The number of methoxy groups -OCH3 is 1. The van der Waals surface area contributed by atoms with E-state index in [-0.39, 0.29) is 0 Å². The minimum Gasteiger partial charge on any atom is -0.495 e. The standard InChI is InChI=1S/C20H17ClN2O3/c1-26-18-10-9-15(21)12-16(18)22-20(25)19(24)17-8-5-11-23(17)13-14-6-3-2-4-7-14/h2-12H,13H2,1H3,(H,22,25). The maximum atomic E-state index is 12.6. The fourth-order valence-corrected chi connectivity index (χ4v) is 2.78. The van der Waals surface area contributed by atoms with Crippen LogP contribution in [-0.2, 0) is 11.3 Å². The number of carbonyl (C=O) groups excluding carboxylic acids is 2. The summed E-state index contributed by atoms with van der Waals surface area (Å²) in [6.07, 6.45) is 1.77. The van der Waals surface area contributed by atoms with Gasteiger partial charge in [-0.25, -0.2) is 0 Å². The summed E-state index contributed by atoms with van der Waals surface area (Å²) in [6, 6.07) is 17.9. The Morgan fingerprint density at radius 3 is 2.58 bits per heavy atom. The molecule has 0 aliphatic carbocycles. The summed E-state index contributed by atoms with van der Waals surface area (Å²) in [4.78, 5) is 25.0. The molecular formula is C20H17ClN2O3. The van der Waals surface area contributed by atoms with E-state index in [0.29, 0.717) is 28.7 Å². The summed E-state index contributed by atoms with van der Waals surface area (Å²) >= 11 is 5.96. The van der Waals surface area contributed by atoms with E-state index in [9.17, 15) is 9.59 Å². The lowest BCUT2D eigenvalue weighted by atomic mass is 10.2. The highest BCUT2D eigenvalue weighted by Gasteiger charge is 2.21. The van der Waals surface area contributed by atoms with Crippen LogP contribution in [0.4, 0.5) is 5.69 Å². The van der Waals surface area contributed by atoms with Gasteiger partial charge < -0.3 is 14.6 Å². The van der Waals surface area contributed by atoms with Crippen molar-refractivity contribution in [1.82, 2.24) is 4.57 Å². The zero-order valence-corrected chi connectivity index (χ0v) is 14.9. The Morgan fingerprint density at radius 2 is 1.85 bits per heavy atom. The first kappa shape index (κ1) is 17.8. The second kappa shape index (κ2) is 7.89. The van der Waals surface area contributed by atoms with Crippen molar-refractivity contribution in [3.63, 3.8) is 0 Å². The summed E-state index contributed by atoms with van der Waals surface area (Å²) in [5.41, 5.74) is 1.70. The highest BCUT2D eigenvalue weighted by molar-refractivity contribution is 6.46. The number of aromatic nitrogens is 1. The second-order valence-corrected chi connectivity index (χ2v) is 6.07. The monoisotopic (exact) mass is 368 g/mol. The summed E-state index contributed by atoms with van der Waals surface area (Å²) in [6.45, 7) is 0.503. The number of rotatable bonds is 6. The molecule has 26 heavy (non-hydrogen) atoms. The number of anilines is 1. The number of amides is 1. The predicted molar refractivity (Wildman–Crippen MR) is 101 cm³/mol. The van der Waals surface area contributed by atoms with E-state index in [1.165, 1.54) is 13.2 Å². The number of benzene rings is 2. The van der Waals surface area contributed by atoms with Crippen LogP contribution < -0.4 is 10.1 Å². The van der Waals surface area contributed by atoms with Crippen LogP contribution in [0.15, 0.2) is 66.9 Å². The molecule has 1 heterocycles. The molecule has 1 amide bonds. The largest absolute Gasteiger partial charge is 0.495 e. The number of Topliss-reactive ketones (excluding diaryl/α,β-unsaturated/α-hetero) is 1. The van der Waals surface area contributed by atoms with Gasteiger partial charge in [-0.3, -0.25) is 9.59 Å². The third-order valence-electron chi connectivity index (χ3n) is 3.87. The van der Waals surface area contributed by atoms with Crippen molar-refractivity contribution in [2.24, 2.45) is 0 Å². The number of nitrogens with one attached hydrogen (secondary N) is 1. The van der Waals surface area contributed by atoms with Gasteiger partial charge in [-0.05, 0) is 35.9 Å². The lowest BCUT2D eigenvalue weighted by molar-refractivity contribution is -0.112. The molecule has 0 saturated carbocycles. The van der Waals surface area contributed by atoms with Crippen molar-refractivity contribution in [3.05, 3.63) is 83.1 Å². The van der Waals surface area contributed by atoms with Crippen molar-refractivity contribution in [3.8, 4) is 5.75 Å². The SMILES string of the molecule is COc1ccc(Cl)cc1NC(=O)C(=O)c1cccn1Cc1ccccc1. The third-order valence-corrected chi connectivity index (χ3v) is 4.11. The molecule has 1 aromatic heterocycles. The molecular weight excluding hydrogens is 352 g/mol. The van der Waals surface area contributed by atoms with Crippen molar-refractivity contribution < 1.29 is 14.3 Å². The fourth-order valence-electron chi connectivity index (χ4n) is 2.61. The summed E-state index contributed by atoms with van der Waals surface area (Å²) in [5, 5.41) is 3.00. The molecule has 0 spiro atoms. The molecule has 0 radical (unpaired) electrons. The molecule has 2 aromatic carbocycles. The zero-order chi connectivity index (χ0) is 18.5. The first-order valence-corrected chi connectivity index (χ1v) is 8.34. The molecule has 0 atom stereocenters. The molecule has 132 valence electrons. The number of ketones is 1. The van der Waals surface area contributed by atoms with E-state index in [4.69, 9.17) is 16.3 Å². The van der Waals surface area contributed by atoms with Crippen molar-refractivity contribution >= 4 is 29.0 Å². The maximum absolute atomic E-state index is 12.6. The van der Waals surface area contributed by atoms with Gasteiger partial charge in [-0.2, -0.15) is 0 Å². The first-order chi connectivity index (χ1) is 12.6. The first-order valence-electron chi connectivity index (χ1n) is 7.97. The van der Waals surface area contributed by atoms with E-state index < -0.39 is 11.7 Å². The number of hydrogen-bond donors (Lipinski definition) is 1. The quantitative estimate of drug-likeness (QED) is 0.528. The van der Waals surface area contributed by atoms with E-state index in [1.54, 1.807) is 35.0 Å². The number of carbonyl (C=O) groups is 2. The predicted octanol–water partition coefficient (Wildman–Crippen LogP) is 4.02. The van der Waals surface area contributed by atoms with Crippen LogP contribution in [0.25, 0.3) is 0 Å². The fraction of sp³-hybridized carbons (Fsp3) is 0.100. The Balaban J connectivity index is 1.79. The summed E-state index contributed by atoms with van der Waals surface area (Å²) in [7, 11) is 1.48. The van der Waals surface area contributed by atoms with Crippen LogP contribution in [-0.4, -0.2) is 23.4 Å². The van der Waals surface area contributed by atoms with Crippen molar-refractivity contribution in [1.29, 1.82) is 0 Å². The average molecular weight is 369 g/mol. The lowest BCUT2D eigenvalue weighted by Gasteiger charge is -2.11. The van der Waals surface area contributed by atoms with Crippen molar-refractivity contribution in [2.45, 2.75) is 6.54 Å². The number of ether oxygens (including phenoxy) is 1. The van der Waals surface area contributed by atoms with Crippen LogP contribution in [0.5, 0.6) is 5.75 Å². The molecule has 0 bridgehead atoms. The molecule has 3 aromatic rings. The minimum absolute atomic E-state index is 0.312.